The molecule has 0 spiro atoms. The normalized spacial score (nSPS) is 14.5. The molecule has 1 aromatic heterocycles. The Hall–Kier alpha value is -1.29. The molecule has 1 heterocycles. The van der Waals surface area contributed by atoms with Crippen molar-refractivity contribution in [2.45, 2.75) is 26.2 Å². The minimum Gasteiger partial charge on any atom is -0.350 e. The lowest BCUT2D eigenvalue weighted by atomic mass is 9.68. The molecule has 3 rings (SSSR count). The van der Waals surface area contributed by atoms with Crippen LogP contribution in [-0.2, 0) is 12.5 Å². The molecule has 2 aromatic carbocycles. The van der Waals surface area contributed by atoms with Crippen molar-refractivity contribution in [1.82, 2.24) is 4.57 Å². The summed E-state index contributed by atoms with van der Waals surface area (Å²) in [6, 6.07) is 17.7. The first-order valence-corrected chi connectivity index (χ1v) is 8.83. The van der Waals surface area contributed by atoms with Crippen LogP contribution in [0.5, 0.6) is 0 Å². The number of aryl methyl sites for hydroxylation is 1. The fourth-order valence-corrected chi connectivity index (χ4v) is 3.71. The van der Waals surface area contributed by atoms with Crippen molar-refractivity contribution >= 4 is 33.5 Å². The van der Waals surface area contributed by atoms with Gasteiger partial charge in [0.1, 0.15) is 0 Å². The standard InChI is InChI=1S/C20H22IN/c1-14(2)20(3,15-9-11-16(21)12-10-15)18-13-22(4)19-8-6-5-7-17(18)19/h5-14H,1-4H3. The first-order chi connectivity index (χ1) is 10.4. The molecule has 0 aliphatic rings. The Kier molecular flexibility index (Phi) is 4.06. The van der Waals surface area contributed by atoms with Crippen molar-refractivity contribution in [3.63, 3.8) is 0 Å². The van der Waals surface area contributed by atoms with E-state index < -0.39 is 0 Å². The summed E-state index contributed by atoms with van der Waals surface area (Å²) in [7, 11) is 2.14. The average molecular weight is 403 g/mol. The number of hydrogen-bond acceptors (Lipinski definition) is 0. The predicted molar refractivity (Wildman–Crippen MR) is 103 cm³/mol. The second-order valence-corrected chi connectivity index (χ2v) is 7.78. The zero-order valence-corrected chi connectivity index (χ0v) is 15.8. The monoisotopic (exact) mass is 403 g/mol. The van der Waals surface area contributed by atoms with Crippen LogP contribution in [0.2, 0.25) is 0 Å². The first kappa shape index (κ1) is 15.6. The van der Waals surface area contributed by atoms with Crippen molar-refractivity contribution in [2.24, 2.45) is 13.0 Å². The molecular weight excluding hydrogens is 381 g/mol. The molecule has 3 aromatic rings. The fourth-order valence-electron chi connectivity index (χ4n) is 3.35. The summed E-state index contributed by atoms with van der Waals surface area (Å²) in [5, 5.41) is 1.36. The van der Waals surface area contributed by atoms with Gasteiger partial charge in [-0.05, 0) is 57.8 Å². The van der Waals surface area contributed by atoms with Gasteiger partial charge in [-0.3, -0.25) is 0 Å². The molecule has 0 fully saturated rings. The first-order valence-electron chi connectivity index (χ1n) is 7.75. The van der Waals surface area contributed by atoms with E-state index in [0.29, 0.717) is 5.92 Å². The van der Waals surface area contributed by atoms with Gasteiger partial charge in [0.15, 0.2) is 0 Å². The molecule has 0 saturated carbocycles. The van der Waals surface area contributed by atoms with Crippen LogP contribution < -0.4 is 0 Å². The molecule has 1 nitrogen and oxygen atoms in total. The molecule has 1 unspecified atom stereocenters. The number of para-hydroxylation sites is 1. The van der Waals surface area contributed by atoms with Gasteiger partial charge in [0.2, 0.25) is 0 Å². The summed E-state index contributed by atoms with van der Waals surface area (Å²) >= 11 is 2.37. The minimum atomic E-state index is 0.00516. The molecule has 114 valence electrons. The molecule has 0 saturated heterocycles. The van der Waals surface area contributed by atoms with Gasteiger partial charge in [-0.15, -0.1) is 0 Å². The molecule has 22 heavy (non-hydrogen) atoms. The Labute approximate surface area is 146 Å². The summed E-state index contributed by atoms with van der Waals surface area (Å²) in [6.45, 7) is 7.01. The molecule has 2 heteroatoms. The number of aromatic nitrogens is 1. The summed E-state index contributed by atoms with van der Waals surface area (Å²) in [4.78, 5) is 0. The van der Waals surface area contributed by atoms with Crippen molar-refractivity contribution in [1.29, 1.82) is 0 Å². The summed E-state index contributed by atoms with van der Waals surface area (Å²) in [6.07, 6.45) is 2.31. The second kappa shape index (κ2) is 5.73. The average Bonchev–Trinajstić information content (AvgIpc) is 2.85. The van der Waals surface area contributed by atoms with E-state index in [1.54, 1.807) is 0 Å². The van der Waals surface area contributed by atoms with Crippen LogP contribution in [0.25, 0.3) is 10.9 Å². The van der Waals surface area contributed by atoms with Gasteiger partial charge in [0.05, 0.1) is 0 Å². The third-order valence-corrected chi connectivity index (χ3v) is 5.77. The lowest BCUT2D eigenvalue weighted by molar-refractivity contribution is 0.407. The van der Waals surface area contributed by atoms with Crippen LogP contribution in [0, 0.1) is 9.49 Å². The van der Waals surface area contributed by atoms with Crippen molar-refractivity contribution in [3.05, 3.63) is 69.4 Å². The van der Waals surface area contributed by atoms with Crippen LogP contribution in [0.15, 0.2) is 54.7 Å². The van der Waals surface area contributed by atoms with Crippen LogP contribution in [0.1, 0.15) is 31.9 Å². The summed E-state index contributed by atoms with van der Waals surface area (Å²) in [5.41, 5.74) is 4.11. The number of halogens is 1. The molecule has 0 N–H and O–H groups in total. The Balaban J connectivity index is 2.28. The maximum Gasteiger partial charge on any atom is 0.0480 e. The lowest BCUT2D eigenvalue weighted by Gasteiger charge is -2.35. The lowest BCUT2D eigenvalue weighted by Crippen LogP contribution is -2.30. The van der Waals surface area contributed by atoms with E-state index in [2.05, 4.69) is 110 Å². The van der Waals surface area contributed by atoms with Gasteiger partial charge in [-0.1, -0.05) is 51.1 Å². The van der Waals surface area contributed by atoms with Gasteiger partial charge in [-0.25, -0.2) is 0 Å². The Morgan fingerprint density at radius 2 is 1.64 bits per heavy atom. The fraction of sp³-hybridized carbons (Fsp3) is 0.300. The van der Waals surface area contributed by atoms with E-state index in [-0.39, 0.29) is 5.41 Å². The maximum atomic E-state index is 2.38. The highest BCUT2D eigenvalue weighted by Gasteiger charge is 2.34. The van der Waals surface area contributed by atoms with Gasteiger partial charge in [-0.2, -0.15) is 0 Å². The van der Waals surface area contributed by atoms with Gasteiger partial charge in [0, 0.05) is 33.1 Å². The van der Waals surface area contributed by atoms with Gasteiger partial charge in [0.25, 0.3) is 0 Å². The van der Waals surface area contributed by atoms with E-state index in [9.17, 15) is 0 Å². The molecule has 0 aliphatic heterocycles. The molecule has 0 bridgehead atoms. The largest absolute Gasteiger partial charge is 0.350 e. The third-order valence-electron chi connectivity index (χ3n) is 5.06. The van der Waals surface area contributed by atoms with Gasteiger partial charge >= 0.3 is 0 Å². The number of nitrogens with zero attached hydrogens (tertiary/aromatic N) is 1. The van der Waals surface area contributed by atoms with Crippen LogP contribution >= 0.6 is 22.6 Å². The van der Waals surface area contributed by atoms with Crippen molar-refractivity contribution in [2.75, 3.05) is 0 Å². The molecular formula is C20H22IN. The van der Waals surface area contributed by atoms with E-state index in [0.717, 1.165) is 0 Å². The Morgan fingerprint density at radius 1 is 1.00 bits per heavy atom. The molecule has 0 aliphatic carbocycles. The molecule has 1 atom stereocenters. The quantitative estimate of drug-likeness (QED) is 0.491. The van der Waals surface area contributed by atoms with Crippen molar-refractivity contribution < 1.29 is 0 Å². The Bertz CT molecular complexity index is 798. The predicted octanol–water partition coefficient (Wildman–Crippen LogP) is 5.74. The Morgan fingerprint density at radius 3 is 2.27 bits per heavy atom. The summed E-state index contributed by atoms with van der Waals surface area (Å²) < 4.78 is 3.53. The van der Waals surface area contributed by atoms with Gasteiger partial charge < -0.3 is 4.57 Å². The van der Waals surface area contributed by atoms with E-state index >= 15 is 0 Å². The molecule has 0 radical (unpaired) electrons. The number of benzene rings is 2. The highest BCUT2D eigenvalue weighted by atomic mass is 127. The topological polar surface area (TPSA) is 4.93 Å². The third kappa shape index (κ3) is 2.37. The molecule has 0 amide bonds. The zero-order valence-electron chi connectivity index (χ0n) is 13.6. The SMILES string of the molecule is CC(C)C(C)(c1ccc(I)cc1)c1cn(C)c2ccccc12. The number of hydrogen-bond donors (Lipinski definition) is 0. The maximum absolute atomic E-state index is 2.38. The minimum absolute atomic E-state index is 0.00516. The number of fused-ring (bicyclic) bond motifs is 1. The second-order valence-electron chi connectivity index (χ2n) is 6.53. The zero-order chi connectivity index (χ0) is 15.9. The van der Waals surface area contributed by atoms with Crippen LogP contribution in [0.3, 0.4) is 0 Å². The highest BCUT2D eigenvalue weighted by molar-refractivity contribution is 14.1. The van der Waals surface area contributed by atoms with E-state index in [1.807, 2.05) is 0 Å². The van der Waals surface area contributed by atoms with E-state index in [1.165, 1.54) is 25.6 Å². The number of rotatable bonds is 3. The summed E-state index contributed by atoms with van der Waals surface area (Å²) in [5.74, 6) is 0.512. The van der Waals surface area contributed by atoms with Crippen LogP contribution in [0.4, 0.5) is 0 Å². The van der Waals surface area contributed by atoms with Crippen molar-refractivity contribution in [3.8, 4) is 0 Å². The van der Waals surface area contributed by atoms with Crippen LogP contribution in [-0.4, -0.2) is 4.57 Å². The highest BCUT2D eigenvalue weighted by Crippen LogP contribution is 2.42. The smallest absolute Gasteiger partial charge is 0.0480 e. The van der Waals surface area contributed by atoms with E-state index in [4.69, 9.17) is 0 Å².